The number of rotatable bonds is 11. The van der Waals surface area contributed by atoms with Crippen LogP contribution in [0.2, 0.25) is 0 Å². The van der Waals surface area contributed by atoms with Crippen molar-refractivity contribution in [1.29, 1.82) is 0 Å². The second-order valence-electron chi connectivity index (χ2n) is 12.4. The van der Waals surface area contributed by atoms with E-state index in [1.807, 2.05) is 39.0 Å². The molecule has 50 heavy (non-hydrogen) atoms. The zero-order valence-corrected chi connectivity index (χ0v) is 29.3. The van der Waals surface area contributed by atoms with Gasteiger partial charge in [0.05, 0.1) is 45.5 Å². The monoisotopic (exact) mass is 719 g/mol. The third-order valence-electron chi connectivity index (χ3n) is 7.59. The SMILES string of the molecule is COCCN(C(=O)O)C(c1ccc(-c2cc3nccc(Oc4ccc(NC(=S)NC(=O)Cc5ccc(F)cc5)c(F)c4)c3s2)nc1)C(C)(C)C. The zero-order valence-electron chi connectivity index (χ0n) is 27.7. The van der Waals surface area contributed by atoms with Crippen molar-refractivity contribution in [2.45, 2.75) is 33.2 Å². The van der Waals surface area contributed by atoms with Crippen LogP contribution in [0, 0.1) is 17.0 Å². The Kier molecular flexibility index (Phi) is 11.3. The first-order valence-electron chi connectivity index (χ1n) is 15.5. The second-order valence-corrected chi connectivity index (χ2v) is 13.9. The molecule has 14 heteroatoms. The number of methoxy groups -OCH3 is 1. The van der Waals surface area contributed by atoms with Crippen molar-refractivity contribution in [2.75, 3.05) is 25.6 Å². The van der Waals surface area contributed by atoms with Gasteiger partial charge in [-0.05, 0) is 65.2 Å². The standard InChI is InChI=1S/C36H35F2N5O5S2/c1-36(2,3)33(43(35(45)46)15-16-47-4)22-7-11-27(40-20-22)30-19-28-32(50-30)29(13-14-39-28)48-24-10-12-26(25(38)18-24)41-34(49)42-31(44)17-21-5-8-23(37)9-6-21/h5-14,18-20,33H,15-17H2,1-4H3,(H,45,46)(H2,41,42,44,49). The molecule has 2 aromatic carbocycles. The van der Waals surface area contributed by atoms with Gasteiger partial charge in [-0.1, -0.05) is 39.0 Å². The summed E-state index contributed by atoms with van der Waals surface area (Å²) in [5.41, 5.74) is 2.33. The van der Waals surface area contributed by atoms with Crippen molar-refractivity contribution in [2.24, 2.45) is 5.41 Å². The summed E-state index contributed by atoms with van der Waals surface area (Å²) >= 11 is 6.58. The Hall–Kier alpha value is -5.05. The van der Waals surface area contributed by atoms with Crippen molar-refractivity contribution < 1.29 is 33.0 Å². The van der Waals surface area contributed by atoms with Gasteiger partial charge in [-0.25, -0.2) is 13.6 Å². The fraction of sp³-hybridized carbons (Fsp3) is 0.250. The average molecular weight is 720 g/mol. The van der Waals surface area contributed by atoms with E-state index in [1.165, 1.54) is 59.7 Å². The Morgan fingerprint density at radius 3 is 2.44 bits per heavy atom. The fourth-order valence-electron chi connectivity index (χ4n) is 5.41. The number of aromatic nitrogens is 2. The molecule has 5 rings (SSSR count). The number of halogens is 2. The minimum absolute atomic E-state index is 0.0257. The molecule has 0 aliphatic rings. The molecule has 2 amide bonds. The molecule has 3 aromatic heterocycles. The van der Waals surface area contributed by atoms with Crippen molar-refractivity contribution in [3.63, 3.8) is 0 Å². The highest BCUT2D eigenvalue weighted by molar-refractivity contribution is 7.80. The Morgan fingerprint density at radius 2 is 1.80 bits per heavy atom. The summed E-state index contributed by atoms with van der Waals surface area (Å²) in [4.78, 5) is 35.8. The number of hydrogen-bond donors (Lipinski definition) is 3. The van der Waals surface area contributed by atoms with Gasteiger partial charge in [-0.3, -0.25) is 19.7 Å². The lowest BCUT2D eigenvalue weighted by atomic mass is 9.81. The summed E-state index contributed by atoms with van der Waals surface area (Å²) in [5, 5.41) is 15.0. The lowest BCUT2D eigenvalue weighted by Gasteiger charge is -2.38. The Morgan fingerprint density at radius 1 is 1.04 bits per heavy atom. The van der Waals surface area contributed by atoms with Crippen LogP contribution in [-0.2, 0) is 16.0 Å². The van der Waals surface area contributed by atoms with Crippen molar-refractivity contribution >= 4 is 56.6 Å². The van der Waals surface area contributed by atoms with Crippen LogP contribution in [0.4, 0.5) is 19.3 Å². The number of nitrogens with one attached hydrogen (secondary N) is 2. The molecule has 1 unspecified atom stereocenters. The van der Waals surface area contributed by atoms with Crippen LogP contribution in [0.5, 0.6) is 11.5 Å². The van der Waals surface area contributed by atoms with Crippen molar-refractivity contribution in [3.05, 3.63) is 102 Å². The molecule has 5 aromatic rings. The predicted molar refractivity (Wildman–Crippen MR) is 193 cm³/mol. The van der Waals surface area contributed by atoms with E-state index in [1.54, 1.807) is 24.5 Å². The van der Waals surface area contributed by atoms with E-state index >= 15 is 4.39 Å². The number of carboxylic acid groups (broad SMARTS) is 1. The van der Waals surface area contributed by atoms with Crippen LogP contribution in [-0.4, -0.2) is 57.3 Å². The van der Waals surface area contributed by atoms with Gasteiger partial charge in [0.2, 0.25) is 5.91 Å². The number of ether oxygens (including phenoxy) is 2. The molecule has 0 spiro atoms. The molecule has 10 nitrogen and oxygen atoms in total. The number of pyridine rings is 2. The summed E-state index contributed by atoms with van der Waals surface area (Å²) in [5.74, 6) is -0.798. The minimum atomic E-state index is -1.04. The first kappa shape index (κ1) is 36.2. The number of amides is 2. The summed E-state index contributed by atoms with van der Waals surface area (Å²) < 4.78 is 40.2. The zero-order chi connectivity index (χ0) is 36.0. The second kappa shape index (κ2) is 15.7. The van der Waals surface area contributed by atoms with Gasteiger partial charge in [0.15, 0.2) is 5.11 Å². The summed E-state index contributed by atoms with van der Waals surface area (Å²) in [6, 6.07) is 16.6. The number of thiocarbonyl (C=S) groups is 1. The highest BCUT2D eigenvalue weighted by atomic mass is 32.1. The van der Waals surface area contributed by atoms with Gasteiger partial charge in [0.1, 0.15) is 23.1 Å². The molecule has 1 atom stereocenters. The third-order valence-corrected chi connectivity index (χ3v) is 8.96. The maximum absolute atomic E-state index is 15.1. The van der Waals surface area contributed by atoms with E-state index in [0.717, 1.165) is 15.1 Å². The van der Waals surface area contributed by atoms with Gasteiger partial charge in [-0.2, -0.15) is 0 Å². The van der Waals surface area contributed by atoms with Crippen LogP contribution in [0.25, 0.3) is 20.8 Å². The molecular formula is C36H35F2N5O5S2. The maximum Gasteiger partial charge on any atom is 0.407 e. The molecule has 0 bridgehead atoms. The summed E-state index contributed by atoms with van der Waals surface area (Å²) in [6.45, 7) is 6.44. The van der Waals surface area contributed by atoms with Crippen LogP contribution >= 0.6 is 23.6 Å². The first-order chi connectivity index (χ1) is 23.8. The lowest BCUT2D eigenvalue weighted by Crippen LogP contribution is -2.42. The number of benzene rings is 2. The van der Waals surface area contributed by atoms with Crippen molar-refractivity contribution in [3.8, 4) is 22.1 Å². The van der Waals surface area contributed by atoms with E-state index in [-0.39, 0.29) is 36.1 Å². The number of nitrogens with zero attached hydrogens (tertiary/aromatic N) is 3. The molecule has 0 fully saturated rings. The molecule has 0 radical (unpaired) electrons. The number of carbonyl (C=O) groups excluding carboxylic acids is 1. The summed E-state index contributed by atoms with van der Waals surface area (Å²) in [7, 11) is 1.54. The largest absolute Gasteiger partial charge is 0.465 e. The number of thiophene rings is 1. The third kappa shape index (κ3) is 8.94. The number of carbonyl (C=O) groups is 2. The van der Waals surface area contributed by atoms with Gasteiger partial charge in [0.25, 0.3) is 0 Å². The molecular weight excluding hydrogens is 685 g/mol. The Balaban J connectivity index is 1.28. The smallest absolute Gasteiger partial charge is 0.407 e. The van der Waals surface area contributed by atoms with E-state index in [0.29, 0.717) is 22.5 Å². The maximum atomic E-state index is 15.1. The number of anilines is 1. The van der Waals surface area contributed by atoms with E-state index in [4.69, 9.17) is 21.7 Å². The highest BCUT2D eigenvalue weighted by Gasteiger charge is 2.35. The highest BCUT2D eigenvalue weighted by Crippen LogP contribution is 2.41. The molecule has 0 saturated carbocycles. The normalized spacial score (nSPS) is 12.0. The van der Waals surface area contributed by atoms with Crippen LogP contribution in [0.15, 0.2) is 79.1 Å². The van der Waals surface area contributed by atoms with Gasteiger partial charge < -0.3 is 25.2 Å². The van der Waals surface area contributed by atoms with Crippen LogP contribution in [0.3, 0.4) is 0 Å². The minimum Gasteiger partial charge on any atom is -0.465 e. The molecule has 260 valence electrons. The van der Waals surface area contributed by atoms with E-state index < -0.39 is 35.1 Å². The molecule has 3 N–H and O–H groups in total. The predicted octanol–water partition coefficient (Wildman–Crippen LogP) is 8.20. The Labute approximate surface area is 297 Å². The van der Waals surface area contributed by atoms with Gasteiger partial charge >= 0.3 is 6.09 Å². The molecule has 0 aliphatic carbocycles. The molecule has 0 aliphatic heterocycles. The number of fused-ring (bicyclic) bond motifs is 1. The molecule has 0 saturated heterocycles. The van der Waals surface area contributed by atoms with E-state index in [2.05, 4.69) is 20.6 Å². The molecule has 3 heterocycles. The van der Waals surface area contributed by atoms with Gasteiger partial charge in [0, 0.05) is 38.2 Å². The summed E-state index contributed by atoms with van der Waals surface area (Å²) in [6.07, 6.45) is 2.23. The quantitative estimate of drug-likeness (QED) is 0.116. The fourth-order valence-corrected chi connectivity index (χ4v) is 6.67. The van der Waals surface area contributed by atoms with Crippen LogP contribution < -0.4 is 15.4 Å². The average Bonchev–Trinajstić information content (AvgIpc) is 3.50. The van der Waals surface area contributed by atoms with Gasteiger partial charge in [-0.15, -0.1) is 11.3 Å². The van der Waals surface area contributed by atoms with Crippen LogP contribution in [0.1, 0.15) is 37.9 Å². The first-order valence-corrected chi connectivity index (χ1v) is 16.7. The van der Waals surface area contributed by atoms with E-state index in [9.17, 15) is 19.1 Å². The number of hydrogen-bond acceptors (Lipinski definition) is 8. The lowest BCUT2D eigenvalue weighted by molar-refractivity contribution is -0.119. The van der Waals surface area contributed by atoms with Crippen molar-refractivity contribution in [1.82, 2.24) is 20.2 Å². The Bertz CT molecular complexity index is 2000. The topological polar surface area (TPSA) is 126 Å².